The molecule has 0 saturated heterocycles. The van der Waals surface area contributed by atoms with E-state index in [0.29, 0.717) is 5.95 Å². The molecule has 0 aromatic carbocycles. The molecule has 7 heteroatoms. The predicted molar refractivity (Wildman–Crippen MR) is 79.4 cm³/mol. The number of aromatic nitrogens is 3. The highest BCUT2D eigenvalue weighted by atomic mass is 35.5. The molecule has 0 aliphatic heterocycles. The fourth-order valence-corrected chi connectivity index (χ4v) is 2.05. The number of hydrogen-bond acceptors (Lipinski definition) is 6. The van der Waals surface area contributed by atoms with Gasteiger partial charge in [0.15, 0.2) is 0 Å². The lowest BCUT2D eigenvalue weighted by Gasteiger charge is -2.19. The Labute approximate surface area is 119 Å². The normalized spacial score (nSPS) is 12.7. The zero-order valence-electron chi connectivity index (χ0n) is 11.9. The van der Waals surface area contributed by atoms with Crippen LogP contribution in [0, 0.1) is 0 Å². The molecule has 1 aromatic rings. The molecule has 1 rings (SSSR count). The number of hydrogen-bond donors (Lipinski definition) is 2. The van der Waals surface area contributed by atoms with E-state index in [-0.39, 0.29) is 17.3 Å². The Bertz CT molecular complexity index is 362. The SMILES string of the molecule is CCN(CC)CCCC(C)Nc1nc(N)nc(Cl)n1. The number of anilines is 2. The lowest BCUT2D eigenvalue weighted by atomic mass is 10.2. The fraction of sp³-hybridized carbons (Fsp3) is 0.750. The summed E-state index contributed by atoms with van der Waals surface area (Å²) in [5.74, 6) is 0.575. The third-order valence-corrected chi connectivity index (χ3v) is 3.18. The molecule has 0 saturated carbocycles. The van der Waals surface area contributed by atoms with Crippen LogP contribution >= 0.6 is 11.6 Å². The Balaban J connectivity index is 2.36. The molecule has 0 bridgehead atoms. The summed E-state index contributed by atoms with van der Waals surface area (Å²) < 4.78 is 0. The van der Waals surface area contributed by atoms with Gasteiger partial charge in [-0.2, -0.15) is 15.0 Å². The summed E-state index contributed by atoms with van der Waals surface area (Å²) in [7, 11) is 0. The fourth-order valence-electron chi connectivity index (χ4n) is 1.88. The van der Waals surface area contributed by atoms with Crippen LogP contribution in [-0.4, -0.2) is 45.5 Å². The molecule has 1 atom stereocenters. The van der Waals surface area contributed by atoms with Crippen molar-refractivity contribution in [3.63, 3.8) is 0 Å². The summed E-state index contributed by atoms with van der Waals surface area (Å²) in [4.78, 5) is 14.1. The zero-order valence-corrected chi connectivity index (χ0v) is 12.6. The number of nitrogens with two attached hydrogens (primary N) is 1. The molecular weight excluding hydrogens is 264 g/mol. The second kappa shape index (κ2) is 8.12. The van der Waals surface area contributed by atoms with Gasteiger partial charge in [0.25, 0.3) is 0 Å². The summed E-state index contributed by atoms with van der Waals surface area (Å²) in [6, 6.07) is 0.272. The Kier molecular flexibility index (Phi) is 6.80. The summed E-state index contributed by atoms with van der Waals surface area (Å²) in [6.45, 7) is 9.76. The van der Waals surface area contributed by atoms with Gasteiger partial charge in [0.1, 0.15) is 0 Å². The van der Waals surface area contributed by atoms with Crippen LogP contribution < -0.4 is 11.1 Å². The maximum atomic E-state index is 5.73. The Hall–Kier alpha value is -1.14. The van der Waals surface area contributed by atoms with E-state index in [1.165, 1.54) is 0 Å². The smallest absolute Gasteiger partial charge is 0.229 e. The molecule has 0 aliphatic carbocycles. The van der Waals surface area contributed by atoms with E-state index < -0.39 is 0 Å². The van der Waals surface area contributed by atoms with E-state index in [0.717, 1.165) is 32.5 Å². The quantitative estimate of drug-likeness (QED) is 0.761. The van der Waals surface area contributed by atoms with Gasteiger partial charge < -0.3 is 16.0 Å². The van der Waals surface area contributed by atoms with Gasteiger partial charge >= 0.3 is 0 Å². The molecule has 108 valence electrons. The highest BCUT2D eigenvalue weighted by molar-refractivity contribution is 6.28. The molecule has 1 aromatic heterocycles. The highest BCUT2D eigenvalue weighted by Crippen LogP contribution is 2.10. The number of nitrogen functional groups attached to an aromatic ring is 1. The van der Waals surface area contributed by atoms with Crippen LogP contribution in [0.4, 0.5) is 11.9 Å². The van der Waals surface area contributed by atoms with Crippen LogP contribution in [0.2, 0.25) is 5.28 Å². The lowest BCUT2D eigenvalue weighted by Crippen LogP contribution is -2.26. The van der Waals surface area contributed by atoms with Crippen molar-refractivity contribution >= 4 is 23.5 Å². The molecule has 1 heterocycles. The van der Waals surface area contributed by atoms with E-state index in [1.54, 1.807) is 0 Å². The van der Waals surface area contributed by atoms with Gasteiger partial charge in [-0.05, 0) is 51.0 Å². The van der Waals surface area contributed by atoms with Gasteiger partial charge in [-0.25, -0.2) is 0 Å². The first-order valence-electron chi connectivity index (χ1n) is 6.71. The van der Waals surface area contributed by atoms with Crippen molar-refractivity contribution in [3.05, 3.63) is 5.28 Å². The van der Waals surface area contributed by atoms with E-state index in [1.807, 2.05) is 0 Å². The van der Waals surface area contributed by atoms with Gasteiger partial charge in [-0.3, -0.25) is 0 Å². The van der Waals surface area contributed by atoms with Crippen LogP contribution in [0.3, 0.4) is 0 Å². The van der Waals surface area contributed by atoms with Crippen molar-refractivity contribution in [1.82, 2.24) is 19.9 Å². The summed E-state index contributed by atoms with van der Waals surface area (Å²) in [5, 5.41) is 3.30. The molecule has 0 fully saturated rings. The molecule has 0 spiro atoms. The van der Waals surface area contributed by atoms with Gasteiger partial charge in [0, 0.05) is 6.04 Å². The monoisotopic (exact) mass is 286 g/mol. The summed E-state index contributed by atoms with van der Waals surface area (Å²) >= 11 is 5.73. The number of rotatable bonds is 8. The molecule has 1 unspecified atom stereocenters. The van der Waals surface area contributed by atoms with Crippen LogP contribution in [0.1, 0.15) is 33.6 Å². The summed E-state index contributed by atoms with van der Waals surface area (Å²) in [6.07, 6.45) is 2.17. The van der Waals surface area contributed by atoms with Crippen LogP contribution in [0.5, 0.6) is 0 Å². The van der Waals surface area contributed by atoms with E-state index in [4.69, 9.17) is 17.3 Å². The van der Waals surface area contributed by atoms with Crippen molar-refractivity contribution in [3.8, 4) is 0 Å². The largest absolute Gasteiger partial charge is 0.368 e. The predicted octanol–water partition coefficient (Wildman–Crippen LogP) is 2.03. The third kappa shape index (κ3) is 6.02. The van der Waals surface area contributed by atoms with Gasteiger partial charge in [0.2, 0.25) is 17.2 Å². The average molecular weight is 287 g/mol. The second-order valence-corrected chi connectivity index (χ2v) is 4.84. The minimum Gasteiger partial charge on any atom is -0.368 e. The van der Waals surface area contributed by atoms with E-state index in [9.17, 15) is 0 Å². The van der Waals surface area contributed by atoms with Crippen molar-refractivity contribution in [1.29, 1.82) is 0 Å². The molecule has 0 radical (unpaired) electrons. The number of nitrogens with one attached hydrogen (secondary N) is 1. The molecule has 0 aliphatic rings. The third-order valence-electron chi connectivity index (χ3n) is 3.01. The van der Waals surface area contributed by atoms with Crippen LogP contribution in [-0.2, 0) is 0 Å². The Morgan fingerprint density at radius 2 is 1.95 bits per heavy atom. The van der Waals surface area contributed by atoms with Crippen LogP contribution in [0.15, 0.2) is 0 Å². The lowest BCUT2D eigenvalue weighted by molar-refractivity contribution is 0.295. The molecule has 3 N–H and O–H groups in total. The topological polar surface area (TPSA) is 80.0 Å². The van der Waals surface area contributed by atoms with Crippen molar-refractivity contribution in [2.45, 2.75) is 39.7 Å². The highest BCUT2D eigenvalue weighted by Gasteiger charge is 2.07. The zero-order chi connectivity index (χ0) is 14.3. The number of halogens is 1. The van der Waals surface area contributed by atoms with E-state index in [2.05, 4.69) is 45.9 Å². The Morgan fingerprint density at radius 3 is 2.53 bits per heavy atom. The van der Waals surface area contributed by atoms with Gasteiger partial charge in [-0.15, -0.1) is 0 Å². The molecule has 19 heavy (non-hydrogen) atoms. The first-order chi connectivity index (χ1) is 9.05. The van der Waals surface area contributed by atoms with Crippen molar-refractivity contribution in [2.75, 3.05) is 30.7 Å². The molecular formula is C12H23ClN6. The summed E-state index contributed by atoms with van der Waals surface area (Å²) in [5.41, 5.74) is 5.52. The minimum atomic E-state index is 0.116. The molecule has 0 amide bonds. The first-order valence-corrected chi connectivity index (χ1v) is 7.08. The van der Waals surface area contributed by atoms with Crippen LogP contribution in [0.25, 0.3) is 0 Å². The van der Waals surface area contributed by atoms with Crippen molar-refractivity contribution in [2.24, 2.45) is 0 Å². The maximum absolute atomic E-state index is 5.73. The average Bonchev–Trinajstić information content (AvgIpc) is 2.33. The minimum absolute atomic E-state index is 0.116. The van der Waals surface area contributed by atoms with Gasteiger partial charge in [0.05, 0.1) is 0 Å². The maximum Gasteiger partial charge on any atom is 0.229 e. The molecule has 6 nitrogen and oxygen atoms in total. The first kappa shape index (κ1) is 15.9. The van der Waals surface area contributed by atoms with E-state index >= 15 is 0 Å². The Morgan fingerprint density at radius 1 is 1.26 bits per heavy atom. The number of nitrogens with zero attached hydrogens (tertiary/aromatic N) is 4. The standard InChI is InChI=1S/C12H23ClN6/c1-4-19(5-2)8-6-7-9(3)15-12-17-10(13)16-11(14)18-12/h9H,4-8H2,1-3H3,(H3,14,15,16,17,18). The van der Waals surface area contributed by atoms with Crippen molar-refractivity contribution < 1.29 is 0 Å². The second-order valence-electron chi connectivity index (χ2n) is 4.50. The van der Waals surface area contributed by atoms with Gasteiger partial charge in [-0.1, -0.05) is 13.8 Å².